The van der Waals surface area contributed by atoms with E-state index in [1.54, 1.807) is 0 Å². The topological polar surface area (TPSA) is 40.6 Å². The number of ketones is 1. The van der Waals surface area contributed by atoms with E-state index >= 15 is 0 Å². The third-order valence-electron chi connectivity index (χ3n) is 6.00. The highest BCUT2D eigenvalue weighted by atomic mass is 79.9. The number of fused-ring (bicyclic) bond motifs is 2. The Balaban J connectivity index is 1.44. The van der Waals surface area contributed by atoms with Crippen LogP contribution in [0.5, 0.6) is 0 Å². The molecule has 4 rings (SSSR count). The van der Waals surface area contributed by atoms with E-state index in [9.17, 15) is 9.59 Å². The van der Waals surface area contributed by atoms with E-state index in [-0.39, 0.29) is 17.6 Å². The molecule has 1 aromatic carbocycles. The maximum atomic E-state index is 13.2. The first-order valence-electron chi connectivity index (χ1n) is 8.96. The van der Waals surface area contributed by atoms with Gasteiger partial charge in [0, 0.05) is 49.2 Å². The molecule has 0 radical (unpaired) electrons. The summed E-state index contributed by atoms with van der Waals surface area (Å²) < 4.78 is 1.07. The van der Waals surface area contributed by atoms with Crippen molar-refractivity contribution >= 4 is 33.3 Å². The van der Waals surface area contributed by atoms with Gasteiger partial charge in [-0.3, -0.25) is 9.59 Å². The summed E-state index contributed by atoms with van der Waals surface area (Å²) in [6.07, 6.45) is 2.53. The summed E-state index contributed by atoms with van der Waals surface area (Å²) in [7, 11) is 0. The average Bonchev–Trinajstić information content (AvgIpc) is 2.85. The molecule has 132 valence electrons. The van der Waals surface area contributed by atoms with Crippen LogP contribution >= 0.6 is 15.9 Å². The van der Waals surface area contributed by atoms with Gasteiger partial charge in [0.05, 0.1) is 5.41 Å². The molecule has 1 aliphatic heterocycles. The number of Topliss-reactive ketones (excluding diaryl/α,β-unsaturated/α-hetero) is 1. The molecular formula is C20H23BrN2O2. The van der Waals surface area contributed by atoms with Gasteiger partial charge in [-0.05, 0) is 43.0 Å². The third kappa shape index (κ3) is 3.03. The van der Waals surface area contributed by atoms with Crippen molar-refractivity contribution in [1.82, 2.24) is 4.90 Å². The van der Waals surface area contributed by atoms with Crippen LogP contribution in [0.3, 0.4) is 0 Å². The normalized spacial score (nSPS) is 29.2. The standard InChI is InChI=1S/C20H23BrN2O2/c1-14-11-20(12-15(14)10-18(24)13-20)19(25)23-8-6-22(7-9-23)17-4-2-16(21)3-5-17/h2-5,15H,1,6-13H2. The van der Waals surface area contributed by atoms with Crippen molar-refractivity contribution in [2.75, 3.05) is 31.1 Å². The zero-order valence-electron chi connectivity index (χ0n) is 14.3. The van der Waals surface area contributed by atoms with Crippen molar-refractivity contribution < 1.29 is 9.59 Å². The fourth-order valence-corrected chi connectivity index (χ4v) is 5.00. The number of nitrogens with zero attached hydrogens (tertiary/aromatic N) is 2. The molecule has 0 spiro atoms. The minimum atomic E-state index is -0.489. The number of rotatable bonds is 2. The lowest BCUT2D eigenvalue weighted by Gasteiger charge is -2.41. The van der Waals surface area contributed by atoms with Crippen LogP contribution in [-0.2, 0) is 9.59 Å². The van der Waals surface area contributed by atoms with Crippen molar-refractivity contribution in [3.63, 3.8) is 0 Å². The number of allylic oxidation sites excluding steroid dienone is 1. The number of hydrogen-bond acceptors (Lipinski definition) is 3. The van der Waals surface area contributed by atoms with Crippen molar-refractivity contribution in [3.8, 4) is 0 Å². The summed E-state index contributed by atoms with van der Waals surface area (Å²) in [4.78, 5) is 29.6. The van der Waals surface area contributed by atoms with Gasteiger partial charge in [0.25, 0.3) is 0 Å². The van der Waals surface area contributed by atoms with E-state index < -0.39 is 5.41 Å². The zero-order valence-corrected chi connectivity index (χ0v) is 15.9. The van der Waals surface area contributed by atoms with Gasteiger partial charge in [0.1, 0.15) is 5.78 Å². The lowest BCUT2D eigenvalue weighted by Crippen LogP contribution is -2.53. The second-order valence-electron chi connectivity index (χ2n) is 7.69. The van der Waals surface area contributed by atoms with Gasteiger partial charge in [0.2, 0.25) is 5.91 Å². The molecule has 4 nitrogen and oxygen atoms in total. The largest absolute Gasteiger partial charge is 0.368 e. The van der Waals surface area contributed by atoms with E-state index in [0.717, 1.165) is 42.6 Å². The SMILES string of the molecule is C=C1CC2(C(=O)N3CCN(c4ccc(Br)cc4)CC3)CC(=O)CC1C2. The third-order valence-corrected chi connectivity index (χ3v) is 6.53. The van der Waals surface area contributed by atoms with Crippen molar-refractivity contribution in [1.29, 1.82) is 0 Å². The summed E-state index contributed by atoms with van der Waals surface area (Å²) in [5.74, 6) is 0.644. The first-order valence-corrected chi connectivity index (χ1v) is 9.75. The van der Waals surface area contributed by atoms with Crippen LogP contribution in [0.25, 0.3) is 0 Å². The highest BCUT2D eigenvalue weighted by molar-refractivity contribution is 9.10. The Morgan fingerprint density at radius 2 is 1.80 bits per heavy atom. The summed E-state index contributed by atoms with van der Waals surface area (Å²) in [6, 6.07) is 8.30. The molecule has 1 amide bonds. The number of carbonyl (C=O) groups excluding carboxylic acids is 2. The van der Waals surface area contributed by atoms with Gasteiger partial charge in [-0.25, -0.2) is 0 Å². The lowest BCUT2D eigenvalue weighted by molar-refractivity contribution is -0.147. The fourth-order valence-electron chi connectivity index (χ4n) is 4.74. The van der Waals surface area contributed by atoms with Gasteiger partial charge in [0.15, 0.2) is 0 Å². The van der Waals surface area contributed by atoms with Crippen LogP contribution in [-0.4, -0.2) is 42.8 Å². The van der Waals surface area contributed by atoms with Gasteiger partial charge in [-0.15, -0.1) is 0 Å². The number of anilines is 1. The minimum Gasteiger partial charge on any atom is -0.368 e. The molecule has 1 saturated heterocycles. The Labute approximate surface area is 157 Å². The Morgan fingerprint density at radius 3 is 2.48 bits per heavy atom. The molecule has 2 atom stereocenters. The second kappa shape index (κ2) is 6.27. The molecule has 2 saturated carbocycles. The average molecular weight is 403 g/mol. The first kappa shape index (κ1) is 16.8. The van der Waals surface area contributed by atoms with Gasteiger partial charge >= 0.3 is 0 Å². The van der Waals surface area contributed by atoms with E-state index in [1.807, 2.05) is 17.0 Å². The molecule has 3 aliphatic rings. The number of carbonyl (C=O) groups is 2. The number of halogens is 1. The van der Waals surface area contributed by atoms with Crippen molar-refractivity contribution in [3.05, 3.63) is 40.9 Å². The van der Waals surface area contributed by atoms with Gasteiger partial charge < -0.3 is 9.80 Å². The second-order valence-corrected chi connectivity index (χ2v) is 8.61. The molecule has 1 heterocycles. The summed E-state index contributed by atoms with van der Waals surface area (Å²) in [6.45, 7) is 7.25. The van der Waals surface area contributed by atoms with Crippen LogP contribution in [0.2, 0.25) is 0 Å². The Morgan fingerprint density at radius 1 is 1.12 bits per heavy atom. The summed E-state index contributed by atoms with van der Waals surface area (Å²) >= 11 is 3.46. The lowest BCUT2D eigenvalue weighted by atomic mass is 9.74. The highest BCUT2D eigenvalue weighted by Gasteiger charge is 2.53. The molecule has 2 unspecified atom stereocenters. The van der Waals surface area contributed by atoms with Gasteiger partial charge in [-0.1, -0.05) is 28.1 Å². The molecule has 0 N–H and O–H groups in total. The molecule has 2 bridgehead atoms. The number of benzene rings is 1. The Hall–Kier alpha value is -1.62. The van der Waals surface area contributed by atoms with E-state index in [2.05, 4.69) is 39.5 Å². The molecule has 3 fully saturated rings. The predicted octanol–water partition coefficient (Wildman–Crippen LogP) is 3.41. The molecular weight excluding hydrogens is 380 g/mol. The highest BCUT2D eigenvalue weighted by Crippen LogP contribution is 2.53. The summed E-state index contributed by atoms with van der Waals surface area (Å²) in [5, 5.41) is 0. The first-order chi connectivity index (χ1) is 12.0. The van der Waals surface area contributed by atoms with Gasteiger partial charge in [-0.2, -0.15) is 0 Å². The number of piperazine rings is 1. The zero-order chi connectivity index (χ0) is 17.6. The molecule has 2 aliphatic carbocycles. The van der Waals surface area contributed by atoms with E-state index in [1.165, 1.54) is 5.69 Å². The molecule has 0 aromatic heterocycles. The Bertz CT molecular complexity index is 718. The maximum absolute atomic E-state index is 13.2. The van der Waals surface area contributed by atoms with Crippen molar-refractivity contribution in [2.24, 2.45) is 11.3 Å². The minimum absolute atomic E-state index is 0.180. The van der Waals surface area contributed by atoms with Crippen LogP contribution < -0.4 is 4.90 Å². The van der Waals surface area contributed by atoms with E-state index in [0.29, 0.717) is 19.3 Å². The monoisotopic (exact) mass is 402 g/mol. The predicted molar refractivity (Wildman–Crippen MR) is 101 cm³/mol. The van der Waals surface area contributed by atoms with Crippen LogP contribution in [0.1, 0.15) is 25.7 Å². The molecule has 25 heavy (non-hydrogen) atoms. The summed E-state index contributed by atoms with van der Waals surface area (Å²) in [5.41, 5.74) is 1.81. The number of hydrogen-bond donors (Lipinski definition) is 0. The quantitative estimate of drug-likeness (QED) is 0.711. The maximum Gasteiger partial charge on any atom is 0.229 e. The smallest absolute Gasteiger partial charge is 0.229 e. The van der Waals surface area contributed by atoms with Crippen LogP contribution in [0.15, 0.2) is 40.9 Å². The van der Waals surface area contributed by atoms with Crippen LogP contribution in [0.4, 0.5) is 5.69 Å². The number of amides is 1. The van der Waals surface area contributed by atoms with Crippen LogP contribution in [0, 0.1) is 11.3 Å². The van der Waals surface area contributed by atoms with Crippen molar-refractivity contribution in [2.45, 2.75) is 25.7 Å². The molecule has 1 aromatic rings. The molecule has 5 heteroatoms. The van der Waals surface area contributed by atoms with E-state index in [4.69, 9.17) is 0 Å². The Kier molecular flexibility index (Phi) is 4.22. The fraction of sp³-hybridized carbons (Fsp3) is 0.500.